The first-order chi connectivity index (χ1) is 9.90. The Morgan fingerprint density at radius 1 is 1.48 bits per heavy atom. The number of thioether (sulfide) groups is 1. The van der Waals surface area contributed by atoms with E-state index in [4.69, 9.17) is 5.73 Å². The van der Waals surface area contributed by atoms with Crippen molar-refractivity contribution in [2.24, 2.45) is 11.1 Å². The monoisotopic (exact) mass is 310 g/mol. The molecule has 1 atom stereocenters. The van der Waals surface area contributed by atoms with Crippen molar-refractivity contribution in [3.63, 3.8) is 0 Å². The number of halogens is 1. The Kier molecular flexibility index (Phi) is 5.27. The van der Waals surface area contributed by atoms with E-state index >= 15 is 0 Å². The van der Waals surface area contributed by atoms with Gasteiger partial charge in [0.05, 0.1) is 0 Å². The quantitative estimate of drug-likeness (QED) is 0.870. The SMILES string of the molecule is CC1(C)CN(C(=O)CCSc2ccccc2F)CCC1N. The normalized spacial score (nSPS) is 21.3. The van der Waals surface area contributed by atoms with Gasteiger partial charge in [0.25, 0.3) is 0 Å². The number of carbonyl (C=O) groups excluding carboxylic acids is 1. The lowest BCUT2D eigenvalue weighted by Crippen LogP contribution is -2.54. The van der Waals surface area contributed by atoms with E-state index in [9.17, 15) is 9.18 Å². The van der Waals surface area contributed by atoms with E-state index < -0.39 is 0 Å². The van der Waals surface area contributed by atoms with Gasteiger partial charge in [0, 0.05) is 36.2 Å². The third-order valence-electron chi connectivity index (χ3n) is 4.08. The van der Waals surface area contributed by atoms with Crippen molar-refractivity contribution in [3.05, 3.63) is 30.1 Å². The van der Waals surface area contributed by atoms with Crippen LogP contribution >= 0.6 is 11.8 Å². The molecule has 116 valence electrons. The van der Waals surface area contributed by atoms with Gasteiger partial charge in [-0.25, -0.2) is 4.39 Å². The fourth-order valence-corrected chi connectivity index (χ4v) is 3.43. The highest BCUT2D eigenvalue weighted by Gasteiger charge is 2.34. The average Bonchev–Trinajstić information content (AvgIpc) is 2.43. The molecule has 1 fully saturated rings. The Labute approximate surface area is 130 Å². The number of piperidine rings is 1. The maximum Gasteiger partial charge on any atom is 0.223 e. The van der Waals surface area contributed by atoms with Crippen LogP contribution in [0.4, 0.5) is 4.39 Å². The van der Waals surface area contributed by atoms with Crippen LogP contribution in [0, 0.1) is 11.2 Å². The van der Waals surface area contributed by atoms with Crippen molar-refractivity contribution in [3.8, 4) is 0 Å². The molecular weight excluding hydrogens is 287 g/mol. The molecule has 1 aromatic carbocycles. The molecule has 1 aromatic rings. The highest BCUT2D eigenvalue weighted by molar-refractivity contribution is 7.99. The Balaban J connectivity index is 1.81. The van der Waals surface area contributed by atoms with Crippen LogP contribution in [0.25, 0.3) is 0 Å². The summed E-state index contributed by atoms with van der Waals surface area (Å²) in [6.45, 7) is 5.64. The van der Waals surface area contributed by atoms with Gasteiger partial charge in [-0.1, -0.05) is 26.0 Å². The summed E-state index contributed by atoms with van der Waals surface area (Å²) in [4.78, 5) is 14.7. The molecule has 0 aliphatic carbocycles. The molecule has 0 aromatic heterocycles. The lowest BCUT2D eigenvalue weighted by molar-refractivity contribution is -0.134. The molecule has 1 unspecified atom stereocenters. The highest BCUT2D eigenvalue weighted by atomic mass is 32.2. The molecule has 2 rings (SSSR count). The van der Waals surface area contributed by atoms with Gasteiger partial charge in [-0.3, -0.25) is 4.79 Å². The summed E-state index contributed by atoms with van der Waals surface area (Å²) in [5.74, 6) is 0.516. The van der Waals surface area contributed by atoms with Crippen LogP contribution in [0.5, 0.6) is 0 Å². The summed E-state index contributed by atoms with van der Waals surface area (Å²) < 4.78 is 13.5. The fraction of sp³-hybridized carbons (Fsp3) is 0.562. The smallest absolute Gasteiger partial charge is 0.223 e. The number of nitrogens with zero attached hydrogens (tertiary/aromatic N) is 1. The van der Waals surface area contributed by atoms with Crippen LogP contribution in [0.2, 0.25) is 0 Å². The number of likely N-dealkylation sites (tertiary alicyclic amines) is 1. The second kappa shape index (κ2) is 6.79. The first-order valence-electron chi connectivity index (χ1n) is 7.31. The minimum Gasteiger partial charge on any atom is -0.342 e. The summed E-state index contributed by atoms with van der Waals surface area (Å²) >= 11 is 1.39. The van der Waals surface area contributed by atoms with Gasteiger partial charge in [0.2, 0.25) is 5.91 Å². The van der Waals surface area contributed by atoms with E-state index in [2.05, 4.69) is 13.8 Å². The fourth-order valence-electron chi connectivity index (χ4n) is 2.55. The summed E-state index contributed by atoms with van der Waals surface area (Å²) in [5.41, 5.74) is 6.05. The van der Waals surface area contributed by atoms with Crippen LogP contribution in [-0.2, 0) is 4.79 Å². The zero-order chi connectivity index (χ0) is 15.5. The van der Waals surface area contributed by atoms with Crippen molar-refractivity contribution in [2.45, 2.75) is 37.6 Å². The molecule has 1 saturated heterocycles. The molecule has 0 bridgehead atoms. The summed E-state index contributed by atoms with van der Waals surface area (Å²) in [6.07, 6.45) is 1.28. The Morgan fingerprint density at radius 3 is 2.86 bits per heavy atom. The Hall–Kier alpha value is -1.07. The number of rotatable bonds is 4. The largest absolute Gasteiger partial charge is 0.342 e. The number of hydrogen-bond donors (Lipinski definition) is 1. The highest BCUT2D eigenvalue weighted by Crippen LogP contribution is 2.28. The first-order valence-corrected chi connectivity index (χ1v) is 8.29. The molecule has 21 heavy (non-hydrogen) atoms. The lowest BCUT2D eigenvalue weighted by atomic mass is 9.79. The van der Waals surface area contributed by atoms with Crippen molar-refractivity contribution in [1.82, 2.24) is 4.90 Å². The second-order valence-electron chi connectivity index (χ2n) is 6.23. The molecule has 2 N–H and O–H groups in total. The van der Waals surface area contributed by atoms with Crippen LogP contribution in [0.15, 0.2) is 29.2 Å². The predicted molar refractivity (Wildman–Crippen MR) is 84.7 cm³/mol. The molecule has 5 heteroatoms. The van der Waals surface area contributed by atoms with Crippen molar-refractivity contribution in [2.75, 3.05) is 18.8 Å². The third-order valence-corrected chi connectivity index (χ3v) is 5.13. The minimum absolute atomic E-state index is 0.0351. The number of amides is 1. The standard InChI is InChI=1S/C16H23FN2OS/c1-16(2)11-19(9-7-14(16)18)15(20)8-10-21-13-6-4-3-5-12(13)17/h3-6,14H,7-11,18H2,1-2H3. The van der Waals surface area contributed by atoms with E-state index in [1.165, 1.54) is 17.8 Å². The lowest BCUT2D eigenvalue weighted by Gasteiger charge is -2.42. The summed E-state index contributed by atoms with van der Waals surface area (Å²) in [7, 11) is 0. The van der Waals surface area contributed by atoms with Gasteiger partial charge in [-0.05, 0) is 24.0 Å². The molecule has 0 spiro atoms. The summed E-state index contributed by atoms with van der Waals surface area (Å²) in [5, 5.41) is 0. The van der Waals surface area contributed by atoms with E-state index in [1.807, 2.05) is 11.0 Å². The zero-order valence-electron chi connectivity index (χ0n) is 12.6. The van der Waals surface area contributed by atoms with Crippen LogP contribution in [0.3, 0.4) is 0 Å². The zero-order valence-corrected chi connectivity index (χ0v) is 13.5. The molecule has 1 amide bonds. The second-order valence-corrected chi connectivity index (χ2v) is 7.36. The van der Waals surface area contributed by atoms with E-state index in [0.717, 1.165) is 13.0 Å². The van der Waals surface area contributed by atoms with Gasteiger partial charge in [-0.15, -0.1) is 11.8 Å². The Morgan fingerprint density at radius 2 is 2.19 bits per heavy atom. The maximum atomic E-state index is 13.5. The number of benzene rings is 1. The third kappa shape index (κ3) is 4.20. The van der Waals surface area contributed by atoms with Gasteiger partial charge in [-0.2, -0.15) is 0 Å². The number of hydrogen-bond acceptors (Lipinski definition) is 3. The van der Waals surface area contributed by atoms with E-state index in [1.54, 1.807) is 12.1 Å². The van der Waals surface area contributed by atoms with E-state index in [0.29, 0.717) is 23.6 Å². The molecule has 3 nitrogen and oxygen atoms in total. The molecule has 1 heterocycles. The minimum atomic E-state index is -0.222. The van der Waals surface area contributed by atoms with E-state index in [-0.39, 0.29) is 23.2 Å². The topological polar surface area (TPSA) is 46.3 Å². The molecular formula is C16H23FN2OS. The number of carbonyl (C=O) groups is 1. The van der Waals surface area contributed by atoms with Gasteiger partial charge >= 0.3 is 0 Å². The molecule has 0 radical (unpaired) electrons. The van der Waals surface area contributed by atoms with Gasteiger partial charge in [0.1, 0.15) is 5.82 Å². The van der Waals surface area contributed by atoms with Gasteiger partial charge in [0.15, 0.2) is 0 Å². The van der Waals surface area contributed by atoms with Gasteiger partial charge < -0.3 is 10.6 Å². The van der Waals surface area contributed by atoms with Crippen molar-refractivity contribution >= 4 is 17.7 Å². The molecule has 1 aliphatic heterocycles. The summed E-state index contributed by atoms with van der Waals surface area (Å²) in [6, 6.07) is 6.81. The maximum absolute atomic E-state index is 13.5. The molecule has 0 saturated carbocycles. The average molecular weight is 310 g/mol. The Bertz CT molecular complexity index is 507. The van der Waals surface area contributed by atoms with Crippen LogP contribution in [0.1, 0.15) is 26.7 Å². The van der Waals surface area contributed by atoms with Crippen LogP contribution in [-0.4, -0.2) is 35.7 Å². The van der Waals surface area contributed by atoms with Crippen LogP contribution < -0.4 is 5.73 Å². The van der Waals surface area contributed by atoms with Crippen molar-refractivity contribution in [1.29, 1.82) is 0 Å². The number of nitrogens with two attached hydrogens (primary N) is 1. The first kappa shape index (κ1) is 16.3. The van der Waals surface area contributed by atoms with Crippen molar-refractivity contribution < 1.29 is 9.18 Å². The predicted octanol–water partition coefficient (Wildman–Crippen LogP) is 2.89. The molecule has 1 aliphatic rings.